The lowest BCUT2D eigenvalue weighted by Gasteiger charge is -2.38. The lowest BCUT2D eigenvalue weighted by atomic mass is 9.98. The molecule has 0 aliphatic carbocycles. The summed E-state index contributed by atoms with van der Waals surface area (Å²) in [7, 11) is -1.93. The average molecular weight is 501 g/mol. The van der Waals surface area contributed by atoms with Gasteiger partial charge in [-0.25, -0.2) is 13.4 Å². The molecule has 180 valence electrons. The van der Waals surface area contributed by atoms with Crippen LogP contribution in [0.1, 0.15) is 12.8 Å². The number of thiazole rings is 1. The maximum Gasteiger partial charge on any atom is 0.243 e. The SMILES string of the molecule is COc1ccc2nc(N3CCN(C(=O)C4CCCN(S(=O)(=O)c5ccccc5)C4)CC3)sc2c1. The van der Waals surface area contributed by atoms with Crippen LogP contribution in [-0.2, 0) is 14.8 Å². The number of piperidine rings is 1. The van der Waals surface area contributed by atoms with E-state index in [1.54, 1.807) is 48.8 Å². The lowest BCUT2D eigenvalue weighted by molar-refractivity contribution is -0.137. The molecule has 0 bridgehead atoms. The first-order chi connectivity index (χ1) is 16.5. The fraction of sp³-hybridized carbons (Fsp3) is 0.417. The molecule has 2 saturated heterocycles. The topological polar surface area (TPSA) is 83.1 Å². The highest BCUT2D eigenvalue weighted by molar-refractivity contribution is 7.89. The van der Waals surface area contributed by atoms with Crippen LogP contribution in [0.4, 0.5) is 5.13 Å². The third-order valence-corrected chi connectivity index (χ3v) is 9.52. The molecule has 1 unspecified atom stereocenters. The van der Waals surface area contributed by atoms with Crippen LogP contribution in [-0.4, -0.2) is 74.9 Å². The number of nitrogens with zero attached hydrogens (tertiary/aromatic N) is 4. The first-order valence-corrected chi connectivity index (χ1v) is 13.7. The van der Waals surface area contributed by atoms with Crippen LogP contribution in [0.2, 0.25) is 0 Å². The van der Waals surface area contributed by atoms with E-state index in [0.717, 1.165) is 27.5 Å². The number of aromatic nitrogens is 1. The number of hydrogen-bond acceptors (Lipinski definition) is 7. The summed E-state index contributed by atoms with van der Waals surface area (Å²) in [5, 5.41) is 0.952. The second kappa shape index (κ2) is 9.52. The van der Waals surface area contributed by atoms with Gasteiger partial charge in [-0.1, -0.05) is 29.5 Å². The molecule has 2 fully saturated rings. The van der Waals surface area contributed by atoms with Crippen LogP contribution >= 0.6 is 11.3 Å². The zero-order valence-corrected chi connectivity index (χ0v) is 20.7. The molecule has 1 aromatic heterocycles. The van der Waals surface area contributed by atoms with E-state index in [-0.39, 0.29) is 23.3 Å². The van der Waals surface area contributed by atoms with E-state index in [0.29, 0.717) is 39.1 Å². The molecule has 2 aliphatic rings. The van der Waals surface area contributed by atoms with Gasteiger partial charge >= 0.3 is 0 Å². The van der Waals surface area contributed by atoms with Crippen LogP contribution in [0.5, 0.6) is 5.75 Å². The van der Waals surface area contributed by atoms with E-state index < -0.39 is 10.0 Å². The van der Waals surface area contributed by atoms with Crippen molar-refractivity contribution in [3.63, 3.8) is 0 Å². The van der Waals surface area contributed by atoms with Gasteiger partial charge in [-0.15, -0.1) is 0 Å². The number of piperazine rings is 1. The molecular formula is C24H28N4O4S2. The predicted molar refractivity (Wildman–Crippen MR) is 133 cm³/mol. The maximum absolute atomic E-state index is 13.3. The summed E-state index contributed by atoms with van der Waals surface area (Å²) in [6, 6.07) is 14.3. The smallest absolute Gasteiger partial charge is 0.243 e. The molecule has 34 heavy (non-hydrogen) atoms. The highest BCUT2D eigenvalue weighted by Gasteiger charge is 2.36. The highest BCUT2D eigenvalue weighted by atomic mass is 32.2. The molecule has 3 heterocycles. The zero-order chi connectivity index (χ0) is 23.7. The molecule has 0 saturated carbocycles. The van der Waals surface area contributed by atoms with Crippen LogP contribution in [0, 0.1) is 5.92 Å². The summed E-state index contributed by atoms with van der Waals surface area (Å²) < 4.78 is 33.9. The van der Waals surface area contributed by atoms with Crippen molar-refractivity contribution in [1.29, 1.82) is 0 Å². The molecule has 1 amide bonds. The molecule has 0 spiro atoms. The first kappa shape index (κ1) is 23.1. The molecule has 0 radical (unpaired) electrons. The van der Waals surface area contributed by atoms with Crippen LogP contribution < -0.4 is 9.64 Å². The number of anilines is 1. The van der Waals surface area contributed by atoms with Gasteiger partial charge in [-0.05, 0) is 43.2 Å². The van der Waals surface area contributed by atoms with E-state index in [4.69, 9.17) is 9.72 Å². The van der Waals surface area contributed by atoms with Crippen molar-refractivity contribution in [3.05, 3.63) is 48.5 Å². The number of fused-ring (bicyclic) bond motifs is 1. The molecule has 5 rings (SSSR count). The van der Waals surface area contributed by atoms with Crippen LogP contribution in [0.25, 0.3) is 10.2 Å². The van der Waals surface area contributed by atoms with Crippen molar-refractivity contribution >= 4 is 42.6 Å². The molecular weight excluding hydrogens is 472 g/mol. The molecule has 3 aromatic rings. The third-order valence-electron chi connectivity index (χ3n) is 6.56. The molecule has 10 heteroatoms. The van der Waals surface area contributed by atoms with Gasteiger partial charge in [0.15, 0.2) is 5.13 Å². The predicted octanol–water partition coefficient (Wildman–Crippen LogP) is 3.05. The second-order valence-corrected chi connectivity index (χ2v) is 11.6. The number of sulfonamides is 1. The van der Waals surface area contributed by atoms with Crippen molar-refractivity contribution in [3.8, 4) is 5.75 Å². The largest absolute Gasteiger partial charge is 0.497 e. The van der Waals surface area contributed by atoms with Gasteiger partial charge in [0.2, 0.25) is 15.9 Å². The van der Waals surface area contributed by atoms with E-state index in [2.05, 4.69) is 4.90 Å². The number of methoxy groups -OCH3 is 1. The Balaban J connectivity index is 1.22. The lowest BCUT2D eigenvalue weighted by Crippen LogP contribution is -2.53. The van der Waals surface area contributed by atoms with Gasteiger partial charge in [-0.3, -0.25) is 4.79 Å². The van der Waals surface area contributed by atoms with Crippen molar-refractivity contribution < 1.29 is 17.9 Å². The van der Waals surface area contributed by atoms with Crippen LogP contribution in [0.15, 0.2) is 53.4 Å². The molecule has 2 aliphatic heterocycles. The van der Waals surface area contributed by atoms with Gasteiger partial charge in [0, 0.05) is 39.3 Å². The Morgan fingerprint density at radius 2 is 1.82 bits per heavy atom. The summed E-state index contributed by atoms with van der Waals surface area (Å²) in [6.07, 6.45) is 1.41. The van der Waals surface area contributed by atoms with Crippen molar-refractivity contribution in [2.24, 2.45) is 5.92 Å². The minimum Gasteiger partial charge on any atom is -0.497 e. The number of hydrogen-bond donors (Lipinski definition) is 0. The summed E-state index contributed by atoms with van der Waals surface area (Å²) in [6.45, 7) is 3.34. The summed E-state index contributed by atoms with van der Waals surface area (Å²) >= 11 is 1.63. The van der Waals surface area contributed by atoms with Gasteiger partial charge in [0.1, 0.15) is 5.75 Å². The van der Waals surface area contributed by atoms with Gasteiger partial charge in [0.25, 0.3) is 0 Å². The normalized spacial score (nSPS) is 20.0. The van der Waals surface area contributed by atoms with E-state index in [9.17, 15) is 13.2 Å². The Bertz CT molecular complexity index is 1270. The number of carbonyl (C=O) groups excluding carboxylic acids is 1. The summed E-state index contributed by atoms with van der Waals surface area (Å²) in [4.78, 5) is 22.4. The Kier molecular flexibility index (Phi) is 6.46. The molecule has 1 atom stereocenters. The maximum atomic E-state index is 13.3. The molecule has 8 nitrogen and oxygen atoms in total. The second-order valence-electron chi connectivity index (χ2n) is 8.66. The fourth-order valence-electron chi connectivity index (χ4n) is 4.64. The van der Waals surface area contributed by atoms with Crippen LogP contribution in [0.3, 0.4) is 0 Å². The van der Waals surface area contributed by atoms with Gasteiger partial charge < -0.3 is 14.5 Å². The number of carbonyl (C=O) groups is 1. The average Bonchev–Trinajstić information content (AvgIpc) is 3.32. The molecule has 0 N–H and O–H groups in total. The van der Waals surface area contributed by atoms with Gasteiger partial charge in [0.05, 0.1) is 28.1 Å². The number of amides is 1. The Morgan fingerprint density at radius 1 is 1.06 bits per heavy atom. The van der Waals surface area contributed by atoms with E-state index >= 15 is 0 Å². The van der Waals surface area contributed by atoms with Gasteiger partial charge in [-0.2, -0.15) is 4.31 Å². The third kappa shape index (κ3) is 4.49. The summed E-state index contributed by atoms with van der Waals surface area (Å²) in [5.74, 6) is 0.573. The Morgan fingerprint density at radius 3 is 2.56 bits per heavy atom. The standard InChI is InChI=1S/C24H28N4O4S2/c1-32-19-9-10-21-22(16-19)33-24(25-21)27-14-12-26(13-15-27)23(29)18-6-5-11-28(17-18)34(30,31)20-7-3-2-4-8-20/h2-4,7-10,16,18H,5-6,11-15,17H2,1H3. The van der Waals surface area contributed by atoms with E-state index in [1.807, 2.05) is 23.1 Å². The zero-order valence-electron chi connectivity index (χ0n) is 19.1. The summed E-state index contributed by atoms with van der Waals surface area (Å²) in [5.41, 5.74) is 0.946. The number of rotatable bonds is 5. The van der Waals surface area contributed by atoms with Crippen molar-refractivity contribution in [2.75, 3.05) is 51.3 Å². The monoisotopic (exact) mass is 500 g/mol. The van der Waals surface area contributed by atoms with Crippen molar-refractivity contribution in [2.45, 2.75) is 17.7 Å². The first-order valence-electron chi connectivity index (χ1n) is 11.5. The molecule has 2 aromatic carbocycles. The quantitative estimate of drug-likeness (QED) is 0.536. The van der Waals surface area contributed by atoms with E-state index in [1.165, 1.54) is 4.31 Å². The number of ether oxygens (including phenoxy) is 1. The minimum atomic E-state index is -3.58. The van der Waals surface area contributed by atoms with Crippen molar-refractivity contribution in [1.82, 2.24) is 14.2 Å². The Hall–Kier alpha value is -2.69. The fourth-order valence-corrected chi connectivity index (χ4v) is 7.23. The Labute approximate surface area is 203 Å². The number of benzene rings is 2. The minimum absolute atomic E-state index is 0.0571. The highest BCUT2D eigenvalue weighted by Crippen LogP contribution is 2.32.